The van der Waals surface area contributed by atoms with Crippen LogP contribution < -0.4 is 11.1 Å². The molecule has 4 heterocycles. The van der Waals surface area contributed by atoms with Crippen molar-refractivity contribution in [2.45, 2.75) is 89.1 Å². The van der Waals surface area contributed by atoms with Crippen LogP contribution in [-0.2, 0) is 19.0 Å². The van der Waals surface area contributed by atoms with Gasteiger partial charge in [0.15, 0.2) is 23.8 Å². The highest BCUT2D eigenvalue weighted by Crippen LogP contribution is 2.33. The molecule has 5 rings (SSSR count). The average molecular weight is 586 g/mol. The molecule has 0 radical (unpaired) electrons. The molecule has 0 bridgehead atoms. The summed E-state index contributed by atoms with van der Waals surface area (Å²) in [6.45, 7) is 6.22. The van der Waals surface area contributed by atoms with Crippen molar-refractivity contribution in [3.63, 3.8) is 0 Å². The number of hydrogen-bond donors (Lipinski definition) is 4. The van der Waals surface area contributed by atoms with Gasteiger partial charge in [-0.1, -0.05) is 5.92 Å². The van der Waals surface area contributed by atoms with Crippen molar-refractivity contribution in [1.29, 1.82) is 0 Å². The number of rotatable bonds is 9. The highest BCUT2D eigenvalue weighted by molar-refractivity contribution is 5.83. The third-order valence-corrected chi connectivity index (χ3v) is 7.78. The molecule has 228 valence electrons. The van der Waals surface area contributed by atoms with Crippen molar-refractivity contribution in [3.8, 4) is 11.8 Å². The van der Waals surface area contributed by atoms with Gasteiger partial charge in [0, 0.05) is 38.6 Å². The number of carbonyl (C=O) groups is 2. The molecule has 1 aliphatic carbocycles. The minimum atomic E-state index is -1.42. The number of ether oxygens (including phenoxy) is 3. The van der Waals surface area contributed by atoms with Crippen LogP contribution in [0.1, 0.15) is 64.4 Å². The summed E-state index contributed by atoms with van der Waals surface area (Å²) in [5, 5.41) is 24.0. The summed E-state index contributed by atoms with van der Waals surface area (Å²) in [6, 6.07) is 0.0844. The van der Waals surface area contributed by atoms with Gasteiger partial charge < -0.3 is 40.4 Å². The molecule has 0 spiro atoms. The zero-order valence-electron chi connectivity index (χ0n) is 23.9. The predicted octanol–water partition coefficient (Wildman–Crippen LogP) is 0.712. The molecule has 3 aliphatic rings. The van der Waals surface area contributed by atoms with Crippen molar-refractivity contribution in [3.05, 3.63) is 12.2 Å². The molecule has 2 amide bonds. The molecule has 5 N–H and O–H groups in total. The number of nitrogen functional groups attached to an aromatic ring is 1. The van der Waals surface area contributed by atoms with Crippen LogP contribution in [0, 0.1) is 17.8 Å². The van der Waals surface area contributed by atoms with Crippen LogP contribution in [0.3, 0.4) is 0 Å². The van der Waals surface area contributed by atoms with Crippen molar-refractivity contribution in [1.82, 2.24) is 29.7 Å². The van der Waals surface area contributed by atoms with E-state index in [1.54, 1.807) is 4.90 Å². The minimum Gasteiger partial charge on any atom is -0.446 e. The Kier molecular flexibility index (Phi) is 9.42. The fraction of sp³-hybridized carbons (Fsp3) is 0.679. The highest BCUT2D eigenvalue weighted by Gasteiger charge is 2.48. The number of anilines is 1. The van der Waals surface area contributed by atoms with E-state index >= 15 is 0 Å². The second-order valence-corrected chi connectivity index (χ2v) is 11.1. The summed E-state index contributed by atoms with van der Waals surface area (Å²) in [5.41, 5.74) is 6.69. The third kappa shape index (κ3) is 6.92. The standard InChI is InChI=1S/C28H39N7O7/c1-3-40-14-11-16(2)41-28(39)34-12-9-17(10-13-34)5-4-6-19-32-24(29)20-25(33-19)35(15-30-20)27-22(37)21(36)23(42-27)26(38)31-18-7-8-18/h15-18,21-23,27,36-37H,3,5,7-14H2,1-2H3,(H,31,38)(H2,29,32,33)/t16?,21-,22+,23+,27-/m1/s1. The van der Waals surface area contributed by atoms with Crippen LogP contribution in [0.2, 0.25) is 0 Å². The summed E-state index contributed by atoms with van der Waals surface area (Å²) < 4.78 is 18.1. The summed E-state index contributed by atoms with van der Waals surface area (Å²) in [6.07, 6.45) is 0.414. The molecule has 2 aliphatic heterocycles. The summed E-state index contributed by atoms with van der Waals surface area (Å²) in [5.74, 6) is 6.23. The maximum absolute atomic E-state index is 12.5. The van der Waals surface area contributed by atoms with E-state index < -0.39 is 30.4 Å². The van der Waals surface area contributed by atoms with Gasteiger partial charge in [0.2, 0.25) is 5.82 Å². The van der Waals surface area contributed by atoms with Crippen LogP contribution in [-0.4, -0.2) is 103 Å². The second-order valence-electron chi connectivity index (χ2n) is 11.1. The first-order valence-corrected chi connectivity index (χ1v) is 14.6. The molecule has 2 saturated heterocycles. The number of carbonyl (C=O) groups excluding carboxylic acids is 2. The number of hydrogen-bond acceptors (Lipinski definition) is 11. The van der Waals surface area contributed by atoms with E-state index in [0.717, 1.165) is 25.7 Å². The number of nitrogens with two attached hydrogens (primary N) is 1. The number of aliphatic hydroxyl groups is 2. The average Bonchev–Trinajstić information content (AvgIpc) is 3.60. The molecule has 14 nitrogen and oxygen atoms in total. The van der Waals surface area contributed by atoms with E-state index in [0.29, 0.717) is 50.6 Å². The van der Waals surface area contributed by atoms with Gasteiger partial charge in [-0.3, -0.25) is 9.36 Å². The van der Waals surface area contributed by atoms with Gasteiger partial charge in [0.1, 0.15) is 23.8 Å². The minimum absolute atomic E-state index is 0.0844. The number of likely N-dealkylation sites (tertiary alicyclic amines) is 1. The Morgan fingerprint density at radius 3 is 2.69 bits per heavy atom. The molecule has 3 fully saturated rings. The van der Waals surface area contributed by atoms with E-state index in [-0.39, 0.29) is 35.5 Å². The molecular formula is C28H39N7O7. The van der Waals surface area contributed by atoms with Gasteiger partial charge in [-0.2, -0.15) is 0 Å². The molecule has 42 heavy (non-hydrogen) atoms. The third-order valence-electron chi connectivity index (χ3n) is 7.78. The molecule has 1 unspecified atom stereocenters. The van der Waals surface area contributed by atoms with Crippen molar-refractivity contribution in [2.75, 3.05) is 32.0 Å². The van der Waals surface area contributed by atoms with E-state index in [2.05, 4.69) is 32.1 Å². The van der Waals surface area contributed by atoms with Gasteiger partial charge in [0.25, 0.3) is 5.91 Å². The molecular weight excluding hydrogens is 546 g/mol. The van der Waals surface area contributed by atoms with E-state index in [9.17, 15) is 19.8 Å². The Morgan fingerprint density at radius 1 is 1.21 bits per heavy atom. The molecule has 1 saturated carbocycles. The number of aromatic nitrogens is 4. The smallest absolute Gasteiger partial charge is 0.410 e. The van der Waals surface area contributed by atoms with Crippen LogP contribution in [0.4, 0.5) is 10.6 Å². The van der Waals surface area contributed by atoms with E-state index in [1.165, 1.54) is 10.9 Å². The molecule has 5 atom stereocenters. The maximum atomic E-state index is 12.5. The highest BCUT2D eigenvalue weighted by atomic mass is 16.6. The van der Waals surface area contributed by atoms with Gasteiger partial charge in [-0.25, -0.2) is 19.7 Å². The number of nitrogens with zero attached hydrogens (tertiary/aromatic N) is 5. The monoisotopic (exact) mass is 585 g/mol. The first-order chi connectivity index (χ1) is 20.2. The molecule has 0 aromatic carbocycles. The zero-order valence-corrected chi connectivity index (χ0v) is 23.9. The molecule has 2 aromatic rings. The fourth-order valence-corrected chi connectivity index (χ4v) is 5.09. The van der Waals surface area contributed by atoms with Crippen LogP contribution in [0.5, 0.6) is 0 Å². The lowest BCUT2D eigenvalue weighted by atomic mass is 9.94. The Hall–Kier alpha value is -3.51. The van der Waals surface area contributed by atoms with Crippen molar-refractivity contribution >= 4 is 29.0 Å². The lowest BCUT2D eigenvalue weighted by molar-refractivity contribution is -0.137. The first kappa shape index (κ1) is 30.0. The van der Waals surface area contributed by atoms with Crippen molar-refractivity contribution in [2.24, 2.45) is 5.92 Å². The largest absolute Gasteiger partial charge is 0.446 e. The van der Waals surface area contributed by atoms with Crippen LogP contribution >= 0.6 is 0 Å². The number of imidazole rings is 1. The molecule has 14 heteroatoms. The Bertz CT molecular complexity index is 1330. The zero-order chi connectivity index (χ0) is 29.8. The Morgan fingerprint density at radius 2 is 1.98 bits per heavy atom. The Labute approximate surface area is 243 Å². The van der Waals surface area contributed by atoms with Crippen LogP contribution in [0.25, 0.3) is 11.2 Å². The number of piperidine rings is 1. The normalized spacial score (nSPS) is 25.2. The first-order valence-electron chi connectivity index (χ1n) is 14.6. The SMILES string of the molecule is CCOCCC(C)OC(=O)N1CCC(CC#Cc2nc(N)c3ncn([C@@H]4O[C@H](C(=O)NC5CC5)[C@H](O)[C@@H]4O)c3n2)CC1. The summed E-state index contributed by atoms with van der Waals surface area (Å²) >= 11 is 0. The van der Waals surface area contributed by atoms with Crippen molar-refractivity contribution < 1.29 is 34.0 Å². The lowest BCUT2D eigenvalue weighted by Gasteiger charge is -2.31. The van der Waals surface area contributed by atoms with Crippen LogP contribution in [0.15, 0.2) is 6.33 Å². The number of aliphatic hydroxyl groups excluding tert-OH is 2. The second kappa shape index (κ2) is 13.2. The number of amides is 2. The van der Waals surface area contributed by atoms with Gasteiger partial charge in [-0.15, -0.1) is 0 Å². The lowest BCUT2D eigenvalue weighted by Crippen LogP contribution is -2.43. The van der Waals surface area contributed by atoms with E-state index in [4.69, 9.17) is 19.9 Å². The summed E-state index contributed by atoms with van der Waals surface area (Å²) in [4.78, 5) is 39.7. The predicted molar refractivity (Wildman–Crippen MR) is 150 cm³/mol. The summed E-state index contributed by atoms with van der Waals surface area (Å²) in [7, 11) is 0. The quantitative estimate of drug-likeness (QED) is 0.240. The Balaban J connectivity index is 1.18. The fourth-order valence-electron chi connectivity index (χ4n) is 5.09. The number of nitrogens with one attached hydrogen (secondary N) is 1. The topological polar surface area (TPSA) is 187 Å². The maximum Gasteiger partial charge on any atom is 0.410 e. The number of fused-ring (bicyclic) bond motifs is 1. The van der Waals surface area contributed by atoms with Gasteiger partial charge >= 0.3 is 6.09 Å². The van der Waals surface area contributed by atoms with Gasteiger partial charge in [-0.05, 0) is 51.4 Å². The van der Waals surface area contributed by atoms with Gasteiger partial charge in [0.05, 0.1) is 12.9 Å². The van der Waals surface area contributed by atoms with E-state index in [1.807, 2.05) is 13.8 Å². The molecule has 2 aromatic heterocycles.